The maximum absolute atomic E-state index is 3.45. The molecule has 1 rings (SSSR count). The average Bonchev–Trinajstić information content (AvgIpc) is 2.15. The summed E-state index contributed by atoms with van der Waals surface area (Å²) in [5.74, 6) is 0. The van der Waals surface area contributed by atoms with Crippen LogP contribution in [0.4, 0.5) is 0 Å². The van der Waals surface area contributed by atoms with Crippen molar-refractivity contribution < 1.29 is 0 Å². The van der Waals surface area contributed by atoms with Crippen LogP contribution in [0.1, 0.15) is 33.1 Å². The van der Waals surface area contributed by atoms with Crippen molar-refractivity contribution in [3.63, 3.8) is 0 Å². The topological polar surface area (TPSA) is 15.3 Å². The Balaban J connectivity index is 2.26. The maximum atomic E-state index is 3.45. The predicted octanol–water partition coefficient (Wildman–Crippen LogP) is 1.47. The van der Waals surface area contributed by atoms with E-state index in [2.05, 4.69) is 24.1 Å². The molecule has 72 valence electrons. The summed E-state index contributed by atoms with van der Waals surface area (Å²) in [5.41, 5.74) is 0. The first-order valence-electron chi connectivity index (χ1n) is 5.33. The molecule has 0 saturated carbocycles. The van der Waals surface area contributed by atoms with E-state index in [9.17, 15) is 0 Å². The Morgan fingerprint density at radius 2 is 2.25 bits per heavy atom. The van der Waals surface area contributed by atoms with Gasteiger partial charge >= 0.3 is 0 Å². The Bertz CT molecular complexity index is 114. The van der Waals surface area contributed by atoms with Crippen molar-refractivity contribution in [2.75, 3.05) is 26.2 Å². The zero-order valence-corrected chi connectivity index (χ0v) is 8.47. The van der Waals surface area contributed by atoms with E-state index in [1.807, 2.05) is 0 Å². The third kappa shape index (κ3) is 2.76. The van der Waals surface area contributed by atoms with Gasteiger partial charge < -0.3 is 5.32 Å². The summed E-state index contributed by atoms with van der Waals surface area (Å²) in [7, 11) is 0. The molecule has 0 aromatic heterocycles. The normalized spacial score (nSPS) is 26.0. The van der Waals surface area contributed by atoms with Gasteiger partial charge in [0.15, 0.2) is 0 Å². The van der Waals surface area contributed by atoms with Gasteiger partial charge in [-0.25, -0.2) is 0 Å². The molecule has 12 heavy (non-hydrogen) atoms. The zero-order chi connectivity index (χ0) is 8.81. The number of hydrogen-bond donors (Lipinski definition) is 1. The summed E-state index contributed by atoms with van der Waals surface area (Å²) in [6.07, 6.45) is 3.97. The number of nitrogens with zero attached hydrogens (tertiary/aromatic N) is 1. The van der Waals surface area contributed by atoms with Gasteiger partial charge in [0.25, 0.3) is 0 Å². The maximum Gasteiger partial charge on any atom is 0.0218 e. The molecule has 2 nitrogen and oxygen atoms in total. The molecular weight excluding hydrogens is 148 g/mol. The summed E-state index contributed by atoms with van der Waals surface area (Å²) in [4.78, 5) is 2.64. The van der Waals surface area contributed by atoms with Gasteiger partial charge in [0, 0.05) is 25.7 Å². The van der Waals surface area contributed by atoms with Crippen molar-refractivity contribution in [1.82, 2.24) is 10.2 Å². The number of piperazine rings is 1. The molecule has 1 aliphatic heterocycles. The van der Waals surface area contributed by atoms with Gasteiger partial charge in [-0.15, -0.1) is 0 Å². The van der Waals surface area contributed by atoms with Crippen LogP contribution in [0, 0.1) is 0 Å². The molecule has 0 amide bonds. The second-order valence-electron chi connectivity index (χ2n) is 3.66. The van der Waals surface area contributed by atoms with Gasteiger partial charge in [0.05, 0.1) is 0 Å². The molecule has 0 aromatic carbocycles. The van der Waals surface area contributed by atoms with Gasteiger partial charge in [0.2, 0.25) is 0 Å². The van der Waals surface area contributed by atoms with E-state index in [1.165, 1.54) is 45.4 Å². The van der Waals surface area contributed by atoms with E-state index in [0.29, 0.717) is 0 Å². The first kappa shape index (κ1) is 10.0. The predicted molar refractivity (Wildman–Crippen MR) is 53.4 cm³/mol. The van der Waals surface area contributed by atoms with E-state index in [-0.39, 0.29) is 0 Å². The molecule has 2 heteroatoms. The van der Waals surface area contributed by atoms with Gasteiger partial charge in [-0.2, -0.15) is 0 Å². The molecule has 0 aliphatic carbocycles. The van der Waals surface area contributed by atoms with Gasteiger partial charge in [-0.3, -0.25) is 4.90 Å². The Labute approximate surface area is 76.3 Å². The third-order valence-corrected chi connectivity index (χ3v) is 2.74. The van der Waals surface area contributed by atoms with Crippen molar-refractivity contribution in [3.8, 4) is 0 Å². The molecule has 1 fully saturated rings. The third-order valence-electron chi connectivity index (χ3n) is 2.74. The molecule has 1 aliphatic rings. The van der Waals surface area contributed by atoms with Crippen molar-refractivity contribution in [2.45, 2.75) is 39.2 Å². The van der Waals surface area contributed by atoms with Crippen LogP contribution in [0.2, 0.25) is 0 Å². The van der Waals surface area contributed by atoms with Crippen LogP contribution in [-0.4, -0.2) is 37.1 Å². The molecule has 1 atom stereocenters. The highest BCUT2D eigenvalue weighted by Gasteiger charge is 2.18. The van der Waals surface area contributed by atoms with Crippen LogP contribution in [0.15, 0.2) is 0 Å². The smallest absolute Gasteiger partial charge is 0.0218 e. The van der Waals surface area contributed by atoms with Crippen molar-refractivity contribution in [3.05, 3.63) is 0 Å². The SMILES string of the molecule is CCCCN1CCNCC1CC. The fourth-order valence-corrected chi connectivity index (χ4v) is 1.86. The van der Waals surface area contributed by atoms with Crippen LogP contribution < -0.4 is 5.32 Å². The number of hydrogen-bond acceptors (Lipinski definition) is 2. The number of nitrogens with one attached hydrogen (secondary N) is 1. The number of rotatable bonds is 4. The minimum Gasteiger partial charge on any atom is -0.314 e. The summed E-state index contributed by atoms with van der Waals surface area (Å²) in [6.45, 7) is 9.48. The van der Waals surface area contributed by atoms with Gasteiger partial charge in [-0.1, -0.05) is 20.3 Å². The Morgan fingerprint density at radius 1 is 1.42 bits per heavy atom. The largest absolute Gasteiger partial charge is 0.314 e. The minimum atomic E-state index is 0.797. The summed E-state index contributed by atoms with van der Waals surface area (Å²) in [5, 5.41) is 3.45. The highest BCUT2D eigenvalue weighted by Crippen LogP contribution is 2.07. The van der Waals surface area contributed by atoms with E-state index in [4.69, 9.17) is 0 Å². The summed E-state index contributed by atoms with van der Waals surface area (Å²) >= 11 is 0. The molecule has 0 bridgehead atoms. The second kappa shape index (κ2) is 5.55. The molecule has 1 heterocycles. The van der Waals surface area contributed by atoms with Gasteiger partial charge in [0.1, 0.15) is 0 Å². The Kier molecular flexibility index (Phi) is 4.62. The molecule has 1 unspecified atom stereocenters. The lowest BCUT2D eigenvalue weighted by Crippen LogP contribution is -2.51. The fourth-order valence-electron chi connectivity index (χ4n) is 1.86. The highest BCUT2D eigenvalue weighted by atomic mass is 15.2. The molecule has 0 spiro atoms. The lowest BCUT2D eigenvalue weighted by Gasteiger charge is -2.35. The van der Waals surface area contributed by atoms with Crippen LogP contribution in [0.3, 0.4) is 0 Å². The fraction of sp³-hybridized carbons (Fsp3) is 1.00. The lowest BCUT2D eigenvalue weighted by atomic mass is 10.1. The molecule has 0 radical (unpaired) electrons. The van der Waals surface area contributed by atoms with Crippen molar-refractivity contribution in [1.29, 1.82) is 0 Å². The van der Waals surface area contributed by atoms with E-state index < -0.39 is 0 Å². The first-order chi connectivity index (χ1) is 5.88. The lowest BCUT2D eigenvalue weighted by molar-refractivity contribution is 0.155. The van der Waals surface area contributed by atoms with E-state index >= 15 is 0 Å². The zero-order valence-electron chi connectivity index (χ0n) is 8.47. The standard InChI is InChI=1S/C10H22N2/c1-3-5-7-12-8-6-11-9-10(12)4-2/h10-11H,3-9H2,1-2H3. The van der Waals surface area contributed by atoms with E-state index in [1.54, 1.807) is 0 Å². The highest BCUT2D eigenvalue weighted by molar-refractivity contribution is 4.78. The monoisotopic (exact) mass is 170 g/mol. The summed E-state index contributed by atoms with van der Waals surface area (Å²) in [6, 6.07) is 0.797. The minimum absolute atomic E-state index is 0.797. The Morgan fingerprint density at radius 3 is 2.92 bits per heavy atom. The van der Waals surface area contributed by atoms with E-state index in [0.717, 1.165) is 6.04 Å². The molecular formula is C10H22N2. The molecule has 1 N–H and O–H groups in total. The van der Waals surface area contributed by atoms with Crippen molar-refractivity contribution >= 4 is 0 Å². The summed E-state index contributed by atoms with van der Waals surface area (Å²) < 4.78 is 0. The number of unbranched alkanes of at least 4 members (excludes halogenated alkanes) is 1. The Hall–Kier alpha value is -0.0800. The first-order valence-corrected chi connectivity index (χ1v) is 5.33. The second-order valence-corrected chi connectivity index (χ2v) is 3.66. The quantitative estimate of drug-likeness (QED) is 0.687. The molecule has 1 saturated heterocycles. The van der Waals surface area contributed by atoms with Crippen LogP contribution in [-0.2, 0) is 0 Å². The average molecular weight is 170 g/mol. The molecule has 0 aromatic rings. The van der Waals surface area contributed by atoms with Gasteiger partial charge in [-0.05, 0) is 19.4 Å². The van der Waals surface area contributed by atoms with Crippen LogP contribution >= 0.6 is 0 Å². The van der Waals surface area contributed by atoms with Crippen molar-refractivity contribution in [2.24, 2.45) is 0 Å². The van der Waals surface area contributed by atoms with Crippen LogP contribution in [0.5, 0.6) is 0 Å². The van der Waals surface area contributed by atoms with Crippen LogP contribution in [0.25, 0.3) is 0 Å².